The van der Waals surface area contributed by atoms with Crippen LogP contribution in [0.15, 0.2) is 42.5 Å². The monoisotopic (exact) mass is 494 g/mol. The quantitative estimate of drug-likeness (QED) is 0.360. The second kappa shape index (κ2) is 11.6. The number of hydrogen-bond acceptors (Lipinski definition) is 5. The third kappa shape index (κ3) is 5.98. The molecule has 0 aliphatic heterocycles. The van der Waals surface area contributed by atoms with Gasteiger partial charge in [-0.25, -0.2) is 9.78 Å². The highest BCUT2D eigenvalue weighted by molar-refractivity contribution is 5.74. The second-order valence-electron chi connectivity index (χ2n) is 10.4. The average molecular weight is 495 g/mol. The third-order valence-electron chi connectivity index (χ3n) is 7.35. The van der Waals surface area contributed by atoms with E-state index in [0.717, 1.165) is 23.3 Å². The van der Waals surface area contributed by atoms with Crippen molar-refractivity contribution in [1.29, 1.82) is 0 Å². The van der Waals surface area contributed by atoms with Crippen LogP contribution in [-0.2, 0) is 27.1 Å². The molecule has 0 bridgehead atoms. The van der Waals surface area contributed by atoms with E-state index in [-0.39, 0.29) is 18.4 Å². The fraction of sp³-hybridized carbons (Fsp3) is 0.533. The fourth-order valence-electron chi connectivity index (χ4n) is 5.82. The van der Waals surface area contributed by atoms with Crippen LogP contribution in [0.4, 0.5) is 0 Å². The molecule has 1 aliphatic carbocycles. The van der Waals surface area contributed by atoms with Gasteiger partial charge < -0.3 is 19.4 Å². The smallest absolute Gasteiger partial charge is 0.332 e. The van der Waals surface area contributed by atoms with Crippen LogP contribution in [0.2, 0.25) is 0 Å². The zero-order valence-corrected chi connectivity index (χ0v) is 22.0. The van der Waals surface area contributed by atoms with Crippen LogP contribution in [0.3, 0.4) is 0 Å². The molecule has 2 aromatic carbocycles. The van der Waals surface area contributed by atoms with E-state index in [9.17, 15) is 4.79 Å². The largest absolute Gasteiger partial charge is 0.457 e. The lowest BCUT2D eigenvalue weighted by Gasteiger charge is -2.47. The van der Waals surface area contributed by atoms with Crippen LogP contribution in [-0.4, -0.2) is 60.2 Å². The zero-order chi connectivity index (χ0) is 28.2. The number of H-pyrrole nitrogens is 1. The Balaban J connectivity index is 1.54. The van der Waals surface area contributed by atoms with Crippen molar-refractivity contribution in [2.45, 2.75) is 64.4 Å². The Hall–Kier alpha value is -2.70. The number of benzene rings is 2. The summed E-state index contributed by atoms with van der Waals surface area (Å²) < 4.78 is 36.0. The van der Waals surface area contributed by atoms with Crippen molar-refractivity contribution in [3.63, 3.8) is 0 Å². The highest BCUT2D eigenvalue weighted by Gasteiger charge is 2.47. The average Bonchev–Trinajstić information content (AvgIpc) is 3.28. The Morgan fingerprint density at radius 2 is 2.11 bits per heavy atom. The minimum absolute atomic E-state index is 0.0448. The normalized spacial score (nSPS) is 21.3. The molecule has 3 aromatic rings. The van der Waals surface area contributed by atoms with Crippen LogP contribution >= 0.6 is 0 Å². The summed E-state index contributed by atoms with van der Waals surface area (Å²) in [5.74, 6) is 0.586. The Kier molecular flexibility index (Phi) is 7.23. The van der Waals surface area contributed by atoms with Crippen molar-refractivity contribution >= 4 is 17.0 Å². The lowest BCUT2D eigenvalue weighted by Crippen LogP contribution is -2.49. The molecule has 0 saturated heterocycles. The summed E-state index contributed by atoms with van der Waals surface area (Å²) in [6.45, 7) is 4.67. The topological polar surface area (TPSA) is 67.5 Å². The first-order chi connectivity index (χ1) is 18.5. The summed E-state index contributed by atoms with van der Waals surface area (Å²) in [4.78, 5) is 22.3. The van der Waals surface area contributed by atoms with E-state index in [1.54, 1.807) is 4.90 Å². The van der Waals surface area contributed by atoms with Crippen LogP contribution in [0.25, 0.3) is 11.0 Å². The number of nitrogens with one attached hydrogen (secondary N) is 1. The fourth-order valence-corrected chi connectivity index (χ4v) is 5.82. The van der Waals surface area contributed by atoms with E-state index < -0.39 is 18.5 Å². The van der Waals surface area contributed by atoms with E-state index >= 15 is 0 Å². The molecule has 0 fully saturated rings. The van der Waals surface area contributed by atoms with Gasteiger partial charge in [0.1, 0.15) is 18.0 Å². The number of carbonyl (C=O) groups excluding carboxylic acids is 1. The van der Waals surface area contributed by atoms with Crippen molar-refractivity contribution in [3.8, 4) is 0 Å². The van der Waals surface area contributed by atoms with E-state index in [0.29, 0.717) is 38.8 Å². The first kappa shape index (κ1) is 22.5. The molecule has 0 saturated carbocycles. The van der Waals surface area contributed by atoms with Gasteiger partial charge in [-0.15, -0.1) is 0 Å². The number of esters is 1. The molecule has 0 unspecified atom stereocenters. The number of aryl methyl sites for hydroxylation is 3. The summed E-state index contributed by atoms with van der Waals surface area (Å²) in [6.07, 6.45) is 3.15. The van der Waals surface area contributed by atoms with Crippen molar-refractivity contribution in [2.24, 2.45) is 5.92 Å². The minimum atomic E-state index is -2.26. The summed E-state index contributed by atoms with van der Waals surface area (Å²) in [5, 5.41) is 0. The molecule has 1 aromatic heterocycles. The number of carbonyl (C=O) groups is 1. The molecule has 6 heteroatoms. The molecule has 4 rings (SSSR count). The number of para-hydroxylation sites is 2. The number of methoxy groups -OCH3 is 1. The molecule has 6 nitrogen and oxygen atoms in total. The van der Waals surface area contributed by atoms with E-state index in [2.05, 4.69) is 48.9 Å². The summed E-state index contributed by atoms with van der Waals surface area (Å²) in [6, 6.07) is 14.3. The highest BCUT2D eigenvalue weighted by atomic mass is 16.6. The van der Waals surface area contributed by atoms with Gasteiger partial charge >= 0.3 is 5.97 Å². The lowest BCUT2D eigenvalue weighted by atomic mass is 9.65. The summed E-state index contributed by atoms with van der Waals surface area (Å²) in [7, 11) is 1.48. The van der Waals surface area contributed by atoms with Gasteiger partial charge in [-0.3, -0.25) is 0 Å². The summed E-state index contributed by atoms with van der Waals surface area (Å²) in [5.41, 5.74) is 4.76. The predicted octanol–water partition coefficient (Wildman–Crippen LogP) is 5.44. The molecule has 0 amide bonds. The third-order valence-corrected chi connectivity index (χ3v) is 7.35. The Morgan fingerprint density at radius 3 is 2.86 bits per heavy atom. The Labute approximate surface area is 219 Å². The maximum absolute atomic E-state index is 12.8. The van der Waals surface area contributed by atoms with Gasteiger partial charge in [0.2, 0.25) is 0 Å². The molecular weight excluding hydrogens is 450 g/mol. The molecule has 2 atom stereocenters. The van der Waals surface area contributed by atoms with Crippen LogP contribution in [0, 0.1) is 12.8 Å². The molecular formula is C30H41N3O3. The van der Waals surface area contributed by atoms with E-state index in [1.165, 1.54) is 23.8 Å². The van der Waals surface area contributed by atoms with Crippen LogP contribution in [0.5, 0.6) is 0 Å². The number of ether oxygens (including phenoxy) is 2. The molecule has 36 heavy (non-hydrogen) atoms. The van der Waals surface area contributed by atoms with Gasteiger partial charge in [-0.1, -0.05) is 49.7 Å². The summed E-state index contributed by atoms with van der Waals surface area (Å²) >= 11 is 0. The van der Waals surface area contributed by atoms with E-state index in [4.69, 9.17) is 13.6 Å². The first-order valence-corrected chi connectivity index (χ1v) is 13.0. The lowest BCUT2D eigenvalue weighted by molar-refractivity contribution is -0.172. The van der Waals surface area contributed by atoms with Gasteiger partial charge in [-0.2, -0.15) is 0 Å². The highest BCUT2D eigenvalue weighted by Crippen LogP contribution is 2.48. The molecule has 1 heterocycles. The zero-order valence-electron chi connectivity index (χ0n) is 25.0. The van der Waals surface area contributed by atoms with Crippen LogP contribution < -0.4 is 0 Å². The Bertz CT molecular complexity index is 1240. The SMILES string of the molecule is [2H]C([2H])([2H])N(CCCc1nc2ccccc2[nH]1)CC[C@@]1(OC(=O)COC)CCc2cc(C)ccc2[C@@H]1C(C)C. The predicted molar refractivity (Wildman–Crippen MR) is 144 cm³/mol. The maximum Gasteiger partial charge on any atom is 0.332 e. The van der Waals surface area contributed by atoms with Gasteiger partial charge in [-0.05, 0) is 68.9 Å². The number of aromatic amines is 1. The number of fused-ring (bicyclic) bond motifs is 2. The Morgan fingerprint density at radius 1 is 1.28 bits per heavy atom. The number of nitrogens with zero attached hydrogens (tertiary/aromatic N) is 2. The van der Waals surface area contributed by atoms with Gasteiger partial charge in [0, 0.05) is 36.5 Å². The number of aromatic nitrogens is 2. The van der Waals surface area contributed by atoms with Gasteiger partial charge in [0.05, 0.1) is 11.0 Å². The first-order valence-electron chi connectivity index (χ1n) is 14.5. The molecule has 194 valence electrons. The standard InChI is InChI=1S/C30H41N3O3/c1-21(2)29-24-13-12-22(3)19-23(24)14-15-30(29,36-28(34)20-35-5)16-18-33(4)17-8-11-27-31-25-9-6-7-10-26(25)32-27/h6-7,9-10,12-13,19,21,29H,8,11,14-18,20H2,1-5H3,(H,31,32)/t29-,30-/m0/s1/i4D3. The minimum Gasteiger partial charge on any atom is -0.457 e. The van der Waals surface area contributed by atoms with Crippen molar-refractivity contribution in [2.75, 3.05) is 33.8 Å². The molecule has 0 spiro atoms. The van der Waals surface area contributed by atoms with Crippen molar-refractivity contribution in [3.05, 3.63) is 65.0 Å². The molecule has 1 aliphatic rings. The number of rotatable bonds is 11. The molecule has 0 radical (unpaired) electrons. The molecule has 1 N–H and O–H groups in total. The van der Waals surface area contributed by atoms with E-state index in [1.807, 2.05) is 24.3 Å². The van der Waals surface area contributed by atoms with Crippen LogP contribution in [0.1, 0.15) is 65.7 Å². The second-order valence-corrected chi connectivity index (χ2v) is 10.4. The van der Waals surface area contributed by atoms with Crippen molar-refractivity contribution in [1.82, 2.24) is 14.9 Å². The van der Waals surface area contributed by atoms with Gasteiger partial charge in [0.25, 0.3) is 0 Å². The van der Waals surface area contributed by atoms with Gasteiger partial charge in [0.15, 0.2) is 0 Å². The maximum atomic E-state index is 12.8. The number of imidazole rings is 1. The number of hydrogen-bond donors (Lipinski definition) is 1. The van der Waals surface area contributed by atoms with Crippen molar-refractivity contribution < 1.29 is 18.4 Å².